The number of aliphatic hydroxyl groups is 1. The Morgan fingerprint density at radius 1 is 0.757 bits per heavy atom. The average Bonchev–Trinajstić information content (AvgIpc) is 2.80. The second-order valence-corrected chi connectivity index (χ2v) is 8.16. The normalized spacial score (nSPS) is 15.3. The van der Waals surface area contributed by atoms with Crippen molar-refractivity contribution in [1.29, 1.82) is 0 Å². The quantitative estimate of drug-likeness (QED) is 0.348. The molecule has 0 bridgehead atoms. The summed E-state index contributed by atoms with van der Waals surface area (Å²) in [6.07, 6.45) is -18.1. The van der Waals surface area contributed by atoms with Crippen LogP contribution in [0.15, 0.2) is 66.9 Å². The second kappa shape index (κ2) is 10.3. The highest BCUT2D eigenvalue weighted by Gasteiger charge is 2.44. The maximum atomic E-state index is 14.4. The van der Waals surface area contributed by atoms with Crippen molar-refractivity contribution in [3.05, 3.63) is 101 Å². The Morgan fingerprint density at radius 3 is 1.92 bits per heavy atom. The number of halogens is 10. The van der Waals surface area contributed by atoms with Crippen LogP contribution in [0.1, 0.15) is 27.9 Å². The number of hydrogen-bond acceptors (Lipinski definition) is 3. The molecular formula is C24H18F10N2O. The first-order chi connectivity index (χ1) is 17.0. The zero-order chi connectivity index (χ0) is 27.6. The highest BCUT2D eigenvalue weighted by molar-refractivity contribution is 5.42. The highest BCUT2D eigenvalue weighted by atomic mass is 19.4. The Kier molecular flexibility index (Phi) is 7.89. The van der Waals surface area contributed by atoms with Gasteiger partial charge < -0.3 is 5.11 Å². The van der Waals surface area contributed by atoms with Gasteiger partial charge in [0.05, 0.1) is 22.4 Å². The summed E-state index contributed by atoms with van der Waals surface area (Å²) in [6.45, 7) is -1.36. The number of benzene rings is 2. The molecule has 0 aliphatic rings. The largest absolute Gasteiger partial charge is 0.416 e. The van der Waals surface area contributed by atoms with Crippen molar-refractivity contribution in [2.75, 3.05) is 6.54 Å². The van der Waals surface area contributed by atoms with E-state index < -0.39 is 71.3 Å². The lowest BCUT2D eigenvalue weighted by Crippen LogP contribution is -2.51. The molecule has 3 rings (SSSR count). The van der Waals surface area contributed by atoms with Crippen LogP contribution in [0, 0.1) is 5.82 Å². The summed E-state index contributed by atoms with van der Waals surface area (Å²) >= 11 is 0. The Labute approximate surface area is 203 Å². The number of hydrogen-bond donors (Lipinski definition) is 2. The number of pyridine rings is 1. The van der Waals surface area contributed by atoms with E-state index >= 15 is 0 Å². The zero-order valence-electron chi connectivity index (χ0n) is 18.5. The Morgan fingerprint density at radius 2 is 1.35 bits per heavy atom. The smallest absolute Gasteiger partial charge is 0.382 e. The van der Waals surface area contributed by atoms with E-state index in [1.807, 2.05) is 0 Å². The van der Waals surface area contributed by atoms with Crippen molar-refractivity contribution in [1.82, 2.24) is 10.3 Å². The molecule has 0 unspecified atom stereocenters. The molecule has 13 heteroatoms. The summed E-state index contributed by atoms with van der Waals surface area (Å²) < 4.78 is 135. The number of aliphatic hydroxyl groups excluding tert-OH is 1. The molecule has 0 fully saturated rings. The van der Waals surface area contributed by atoms with E-state index in [1.54, 1.807) is 6.07 Å². The predicted molar refractivity (Wildman–Crippen MR) is 112 cm³/mol. The van der Waals surface area contributed by atoms with Crippen LogP contribution in [-0.4, -0.2) is 28.9 Å². The van der Waals surface area contributed by atoms with Gasteiger partial charge in [0.2, 0.25) is 0 Å². The fraction of sp³-hybridized carbons (Fsp3) is 0.292. The molecule has 200 valence electrons. The van der Waals surface area contributed by atoms with Crippen molar-refractivity contribution in [2.45, 2.75) is 36.6 Å². The van der Waals surface area contributed by atoms with Crippen LogP contribution in [0.3, 0.4) is 0 Å². The van der Waals surface area contributed by atoms with E-state index in [9.17, 15) is 49.0 Å². The van der Waals surface area contributed by atoms with Crippen molar-refractivity contribution < 1.29 is 49.0 Å². The predicted octanol–water partition coefficient (Wildman–Crippen LogP) is 6.26. The summed E-state index contributed by atoms with van der Waals surface area (Å²) in [5, 5.41) is 11.9. The van der Waals surface area contributed by atoms with Crippen molar-refractivity contribution in [2.24, 2.45) is 0 Å². The first kappa shape index (κ1) is 28.4. The van der Waals surface area contributed by atoms with E-state index in [4.69, 9.17) is 0 Å². The minimum atomic E-state index is -5.17. The van der Waals surface area contributed by atoms with Gasteiger partial charge in [0.1, 0.15) is 5.82 Å². The molecule has 0 aliphatic heterocycles. The summed E-state index contributed by atoms with van der Waals surface area (Å²) in [5.41, 5.74) is -6.21. The van der Waals surface area contributed by atoms with Crippen LogP contribution in [0.25, 0.3) is 0 Å². The molecule has 2 N–H and O–H groups in total. The van der Waals surface area contributed by atoms with Crippen LogP contribution >= 0.6 is 0 Å². The molecule has 2 atom stereocenters. The third-order valence-electron chi connectivity index (χ3n) is 5.53. The molecule has 0 saturated heterocycles. The minimum absolute atomic E-state index is 0.140. The van der Waals surface area contributed by atoms with Crippen molar-refractivity contribution in [3.8, 4) is 0 Å². The van der Waals surface area contributed by atoms with Crippen LogP contribution in [-0.2, 0) is 24.3 Å². The van der Waals surface area contributed by atoms with Gasteiger partial charge in [-0.05, 0) is 41.5 Å². The van der Waals surface area contributed by atoms with E-state index in [0.717, 1.165) is 0 Å². The molecule has 37 heavy (non-hydrogen) atoms. The molecule has 3 nitrogen and oxygen atoms in total. The molecule has 0 saturated carbocycles. The van der Waals surface area contributed by atoms with E-state index in [2.05, 4.69) is 10.3 Å². The van der Waals surface area contributed by atoms with Gasteiger partial charge in [-0.15, -0.1) is 0 Å². The van der Waals surface area contributed by atoms with Gasteiger partial charge >= 0.3 is 18.5 Å². The van der Waals surface area contributed by atoms with E-state index in [-0.39, 0.29) is 11.6 Å². The second-order valence-electron chi connectivity index (χ2n) is 8.16. The van der Waals surface area contributed by atoms with Gasteiger partial charge in [-0.2, -0.15) is 39.5 Å². The molecular weight excluding hydrogens is 522 g/mol. The van der Waals surface area contributed by atoms with Crippen molar-refractivity contribution >= 4 is 0 Å². The van der Waals surface area contributed by atoms with Crippen LogP contribution in [0.2, 0.25) is 0 Å². The number of alkyl halides is 9. The minimum Gasteiger partial charge on any atom is -0.382 e. The third kappa shape index (κ3) is 6.77. The van der Waals surface area contributed by atoms with Crippen LogP contribution in [0.4, 0.5) is 43.9 Å². The molecule has 1 aromatic heterocycles. The highest BCUT2D eigenvalue weighted by Crippen LogP contribution is 2.39. The van der Waals surface area contributed by atoms with Crippen LogP contribution < -0.4 is 5.32 Å². The van der Waals surface area contributed by atoms with Crippen LogP contribution in [0.5, 0.6) is 0 Å². The monoisotopic (exact) mass is 540 g/mol. The number of nitrogens with one attached hydrogen (secondary N) is 1. The molecule has 0 aliphatic carbocycles. The first-order valence-corrected chi connectivity index (χ1v) is 10.5. The van der Waals surface area contributed by atoms with Gasteiger partial charge in [-0.25, -0.2) is 4.39 Å². The van der Waals surface area contributed by atoms with Gasteiger partial charge in [0.25, 0.3) is 0 Å². The van der Waals surface area contributed by atoms with Crippen molar-refractivity contribution in [3.63, 3.8) is 0 Å². The lowest BCUT2D eigenvalue weighted by molar-refractivity contribution is -0.202. The molecule has 0 spiro atoms. The standard InChI is InChI=1S/C24H18F10N2O/c25-18-9-16(8-17(10-18)23(29,30)31)21(12-14-4-2-1-3-5-14,36-13-20(37)24(32,33)34)19-11-15(6-7-35-19)22(26,27)28/h1-11,20,36-37H,12-13H2/t20-,21+/m1/s1. The number of rotatable bonds is 7. The van der Waals surface area contributed by atoms with Gasteiger partial charge in [-0.3, -0.25) is 10.3 Å². The number of aromatic nitrogens is 1. The summed E-state index contributed by atoms with van der Waals surface area (Å²) in [7, 11) is 0. The maximum absolute atomic E-state index is 14.4. The molecule has 2 aromatic carbocycles. The lowest BCUT2D eigenvalue weighted by atomic mass is 9.79. The molecule has 3 aromatic rings. The van der Waals surface area contributed by atoms with E-state index in [0.29, 0.717) is 30.5 Å². The third-order valence-corrected chi connectivity index (χ3v) is 5.53. The summed E-state index contributed by atoms with van der Waals surface area (Å²) in [5.74, 6) is -1.44. The molecule has 0 amide bonds. The lowest BCUT2D eigenvalue weighted by Gasteiger charge is -2.37. The first-order valence-electron chi connectivity index (χ1n) is 10.5. The van der Waals surface area contributed by atoms with E-state index in [1.165, 1.54) is 24.3 Å². The van der Waals surface area contributed by atoms with Gasteiger partial charge in [0, 0.05) is 19.2 Å². The Hall–Kier alpha value is -3.19. The SMILES string of the molecule is O[C@H](CN[C@@](Cc1ccccc1)(c1cc(F)cc(C(F)(F)F)c1)c1cc(C(F)(F)F)ccn1)C(F)(F)F. The summed E-state index contributed by atoms with van der Waals surface area (Å²) in [6, 6.07) is 9.51. The topological polar surface area (TPSA) is 45.1 Å². The fourth-order valence-corrected chi connectivity index (χ4v) is 3.72. The Bertz CT molecular complexity index is 1210. The molecule has 0 radical (unpaired) electrons. The number of nitrogens with zero attached hydrogens (tertiary/aromatic N) is 1. The molecule has 1 heterocycles. The fourth-order valence-electron chi connectivity index (χ4n) is 3.72. The summed E-state index contributed by atoms with van der Waals surface area (Å²) in [4.78, 5) is 3.83. The maximum Gasteiger partial charge on any atom is 0.416 e. The zero-order valence-corrected chi connectivity index (χ0v) is 18.5. The average molecular weight is 540 g/mol. The Balaban J connectivity index is 2.34. The van der Waals surface area contributed by atoms with Gasteiger partial charge in [0.15, 0.2) is 6.10 Å². The van der Waals surface area contributed by atoms with Gasteiger partial charge in [-0.1, -0.05) is 30.3 Å².